The maximum atomic E-state index is 12.1. The number of nitrogens with one attached hydrogen (secondary N) is 1. The Balaban J connectivity index is 2.51. The van der Waals surface area contributed by atoms with Crippen LogP contribution < -0.4 is 0 Å². The zero-order valence-electron chi connectivity index (χ0n) is 12.3. The third-order valence-electron chi connectivity index (χ3n) is 3.82. The first-order valence-corrected chi connectivity index (χ1v) is 6.64. The van der Waals surface area contributed by atoms with Gasteiger partial charge in [0.1, 0.15) is 0 Å². The number of benzene rings is 1. The molecule has 0 atom stereocenters. The van der Waals surface area contributed by atoms with Gasteiger partial charge in [0.25, 0.3) is 0 Å². The molecular weight excluding hydrogens is 238 g/mol. The van der Waals surface area contributed by atoms with Gasteiger partial charge in [-0.1, -0.05) is 6.07 Å². The van der Waals surface area contributed by atoms with Crippen molar-refractivity contribution in [1.82, 2.24) is 4.98 Å². The molecule has 19 heavy (non-hydrogen) atoms. The molecule has 3 nitrogen and oxygen atoms in total. The zero-order chi connectivity index (χ0) is 14.2. The molecule has 0 aliphatic rings. The van der Waals surface area contributed by atoms with Crippen molar-refractivity contribution in [3.63, 3.8) is 0 Å². The Kier molecular flexibility index (Phi) is 3.40. The number of hydrogen-bond donors (Lipinski definition) is 1. The van der Waals surface area contributed by atoms with Gasteiger partial charge in [-0.2, -0.15) is 0 Å². The van der Waals surface area contributed by atoms with E-state index in [0.717, 1.165) is 11.1 Å². The van der Waals surface area contributed by atoms with Crippen molar-refractivity contribution in [2.75, 3.05) is 6.61 Å². The van der Waals surface area contributed by atoms with Crippen molar-refractivity contribution in [2.45, 2.75) is 40.0 Å². The Morgan fingerprint density at radius 1 is 1.32 bits per heavy atom. The number of fused-ring (bicyclic) bond motifs is 1. The summed E-state index contributed by atoms with van der Waals surface area (Å²) in [6, 6.07) is 6.12. The van der Waals surface area contributed by atoms with E-state index in [4.69, 9.17) is 4.74 Å². The predicted molar refractivity (Wildman–Crippen MR) is 77.4 cm³/mol. The Morgan fingerprint density at radius 3 is 2.63 bits per heavy atom. The third kappa shape index (κ3) is 2.25. The van der Waals surface area contributed by atoms with E-state index < -0.39 is 5.41 Å². The molecule has 3 heteroatoms. The van der Waals surface area contributed by atoms with Gasteiger partial charge in [-0.3, -0.25) is 4.79 Å². The van der Waals surface area contributed by atoms with Gasteiger partial charge >= 0.3 is 5.97 Å². The zero-order valence-corrected chi connectivity index (χ0v) is 12.3. The van der Waals surface area contributed by atoms with Crippen molar-refractivity contribution in [1.29, 1.82) is 0 Å². The van der Waals surface area contributed by atoms with E-state index in [0.29, 0.717) is 6.61 Å². The van der Waals surface area contributed by atoms with Crippen LogP contribution in [0.1, 0.15) is 37.6 Å². The highest BCUT2D eigenvalue weighted by molar-refractivity contribution is 5.88. The number of H-pyrrole nitrogens is 1. The van der Waals surface area contributed by atoms with Crippen LogP contribution >= 0.6 is 0 Å². The molecule has 1 aromatic heterocycles. The van der Waals surface area contributed by atoms with Gasteiger partial charge in [0.15, 0.2) is 0 Å². The van der Waals surface area contributed by atoms with E-state index in [2.05, 4.69) is 24.9 Å². The van der Waals surface area contributed by atoms with Crippen molar-refractivity contribution in [3.05, 3.63) is 35.0 Å². The molecular formula is C16H21NO2. The van der Waals surface area contributed by atoms with Crippen molar-refractivity contribution in [2.24, 2.45) is 0 Å². The molecule has 0 saturated carbocycles. The minimum absolute atomic E-state index is 0.181. The van der Waals surface area contributed by atoms with E-state index in [1.54, 1.807) is 0 Å². The minimum Gasteiger partial charge on any atom is -0.465 e. The van der Waals surface area contributed by atoms with Crippen LogP contribution in [0.15, 0.2) is 18.2 Å². The maximum absolute atomic E-state index is 12.1. The molecule has 0 saturated heterocycles. The van der Waals surface area contributed by atoms with Crippen molar-refractivity contribution >= 4 is 16.9 Å². The van der Waals surface area contributed by atoms with Crippen LogP contribution in [0.5, 0.6) is 0 Å². The van der Waals surface area contributed by atoms with E-state index in [1.165, 1.54) is 16.6 Å². The molecule has 0 aliphatic heterocycles. The number of esters is 1. The van der Waals surface area contributed by atoms with Crippen LogP contribution in [0.25, 0.3) is 10.9 Å². The van der Waals surface area contributed by atoms with Crippen LogP contribution in [0, 0.1) is 13.8 Å². The molecule has 0 radical (unpaired) electrons. The average Bonchev–Trinajstić information content (AvgIpc) is 2.65. The largest absolute Gasteiger partial charge is 0.465 e. The minimum atomic E-state index is -0.623. The summed E-state index contributed by atoms with van der Waals surface area (Å²) < 4.78 is 5.16. The normalized spacial score (nSPS) is 11.8. The SMILES string of the molecule is CCOC(=O)C(C)(C)c1ccc2[nH]c(C)c(C)c2c1. The molecule has 0 fully saturated rings. The lowest BCUT2D eigenvalue weighted by atomic mass is 9.84. The molecule has 1 aromatic carbocycles. The van der Waals surface area contributed by atoms with E-state index in [9.17, 15) is 4.79 Å². The molecule has 0 amide bonds. The van der Waals surface area contributed by atoms with E-state index in [1.807, 2.05) is 32.9 Å². The Labute approximate surface area is 114 Å². The first kappa shape index (κ1) is 13.7. The highest BCUT2D eigenvalue weighted by Gasteiger charge is 2.31. The number of aromatic nitrogens is 1. The molecule has 2 aromatic rings. The van der Waals surface area contributed by atoms with Crippen molar-refractivity contribution in [3.8, 4) is 0 Å². The predicted octanol–water partition coefficient (Wildman–Crippen LogP) is 3.63. The number of ether oxygens (including phenoxy) is 1. The van der Waals surface area contributed by atoms with Gasteiger partial charge in [-0.25, -0.2) is 0 Å². The fourth-order valence-electron chi connectivity index (χ4n) is 2.28. The van der Waals surface area contributed by atoms with Crippen molar-refractivity contribution < 1.29 is 9.53 Å². The number of carbonyl (C=O) groups excluding carboxylic acids is 1. The lowest BCUT2D eigenvalue weighted by Gasteiger charge is -2.23. The summed E-state index contributed by atoms with van der Waals surface area (Å²) in [6.07, 6.45) is 0. The van der Waals surface area contributed by atoms with Gasteiger partial charge in [-0.15, -0.1) is 0 Å². The van der Waals surface area contributed by atoms with Gasteiger partial charge in [0, 0.05) is 16.6 Å². The third-order valence-corrected chi connectivity index (χ3v) is 3.82. The Morgan fingerprint density at radius 2 is 2.00 bits per heavy atom. The van der Waals surface area contributed by atoms with Crippen LogP contribution in [0.4, 0.5) is 0 Å². The molecule has 1 N–H and O–H groups in total. The first-order chi connectivity index (χ1) is 8.87. The van der Waals surface area contributed by atoms with Crippen LogP contribution in [0.2, 0.25) is 0 Å². The highest BCUT2D eigenvalue weighted by Crippen LogP contribution is 2.30. The summed E-state index contributed by atoms with van der Waals surface area (Å²) in [6.45, 7) is 10.2. The topological polar surface area (TPSA) is 42.1 Å². The summed E-state index contributed by atoms with van der Waals surface area (Å²) in [5, 5.41) is 1.17. The number of hydrogen-bond acceptors (Lipinski definition) is 2. The molecule has 2 rings (SSSR count). The van der Waals surface area contributed by atoms with Crippen LogP contribution in [-0.4, -0.2) is 17.6 Å². The average molecular weight is 259 g/mol. The fraction of sp³-hybridized carbons (Fsp3) is 0.438. The van der Waals surface area contributed by atoms with E-state index >= 15 is 0 Å². The summed E-state index contributed by atoms with van der Waals surface area (Å²) in [5.41, 5.74) is 3.87. The van der Waals surface area contributed by atoms with Gasteiger partial charge in [0.05, 0.1) is 12.0 Å². The quantitative estimate of drug-likeness (QED) is 0.855. The molecule has 0 spiro atoms. The number of carbonyl (C=O) groups is 1. The second-order valence-corrected chi connectivity index (χ2v) is 5.48. The summed E-state index contributed by atoms with van der Waals surface area (Å²) >= 11 is 0. The molecule has 0 bridgehead atoms. The van der Waals surface area contributed by atoms with Gasteiger partial charge < -0.3 is 9.72 Å². The van der Waals surface area contributed by atoms with Crippen LogP contribution in [-0.2, 0) is 14.9 Å². The summed E-state index contributed by atoms with van der Waals surface area (Å²) in [7, 11) is 0. The Hall–Kier alpha value is -1.77. The van der Waals surface area contributed by atoms with E-state index in [-0.39, 0.29) is 5.97 Å². The fourth-order valence-corrected chi connectivity index (χ4v) is 2.28. The molecule has 0 unspecified atom stereocenters. The van der Waals surface area contributed by atoms with Gasteiger partial charge in [-0.05, 0) is 57.9 Å². The molecule has 102 valence electrons. The molecule has 1 heterocycles. The smallest absolute Gasteiger partial charge is 0.315 e. The molecule has 0 aliphatic carbocycles. The second-order valence-electron chi connectivity index (χ2n) is 5.48. The lowest BCUT2D eigenvalue weighted by molar-refractivity contribution is -0.148. The monoisotopic (exact) mass is 259 g/mol. The van der Waals surface area contributed by atoms with Crippen LogP contribution in [0.3, 0.4) is 0 Å². The lowest BCUT2D eigenvalue weighted by Crippen LogP contribution is -2.31. The second kappa shape index (κ2) is 4.72. The number of rotatable bonds is 3. The first-order valence-electron chi connectivity index (χ1n) is 6.64. The number of aromatic amines is 1. The Bertz CT molecular complexity index is 623. The summed E-state index contributed by atoms with van der Waals surface area (Å²) in [5.74, 6) is -0.181. The number of aryl methyl sites for hydroxylation is 2. The van der Waals surface area contributed by atoms with Gasteiger partial charge in [0.2, 0.25) is 0 Å². The summed E-state index contributed by atoms with van der Waals surface area (Å²) in [4.78, 5) is 15.4. The highest BCUT2D eigenvalue weighted by atomic mass is 16.5. The standard InChI is InChI=1S/C16H21NO2/c1-6-19-15(18)16(4,5)12-7-8-14-13(9-12)10(2)11(3)17-14/h7-9,17H,6H2,1-5H3. The maximum Gasteiger partial charge on any atom is 0.315 e.